The van der Waals surface area contributed by atoms with Crippen LogP contribution in [0, 0.1) is 20.8 Å². The predicted molar refractivity (Wildman–Crippen MR) is 110 cm³/mol. The minimum Gasteiger partial charge on any atom is -0.347 e. The molecule has 142 valence electrons. The van der Waals surface area contributed by atoms with Gasteiger partial charge in [-0.15, -0.1) is 0 Å². The van der Waals surface area contributed by atoms with E-state index in [2.05, 4.69) is 29.8 Å². The predicted octanol–water partition coefficient (Wildman–Crippen LogP) is 4.28. The fourth-order valence-corrected chi connectivity index (χ4v) is 6.50. The number of para-hydroxylation sites is 1. The average molecular weight is 383 g/mol. The molecule has 1 aromatic heterocycles. The second-order valence-electron chi connectivity index (χ2n) is 7.76. The molecule has 0 bridgehead atoms. The van der Waals surface area contributed by atoms with Gasteiger partial charge in [-0.25, -0.2) is 8.42 Å². The van der Waals surface area contributed by atoms with Crippen molar-refractivity contribution in [1.29, 1.82) is 0 Å². The third-order valence-electron chi connectivity index (χ3n) is 5.76. The fourth-order valence-electron chi connectivity index (χ4n) is 4.59. The average Bonchev–Trinajstić information content (AvgIpc) is 3.19. The molecule has 1 aliphatic heterocycles. The van der Waals surface area contributed by atoms with Crippen molar-refractivity contribution >= 4 is 20.9 Å². The van der Waals surface area contributed by atoms with Crippen molar-refractivity contribution in [3.05, 3.63) is 64.8 Å². The normalized spacial score (nSPS) is 18.4. The van der Waals surface area contributed by atoms with Gasteiger partial charge in [0.25, 0.3) is 0 Å². The Morgan fingerprint density at radius 2 is 1.67 bits per heavy atom. The van der Waals surface area contributed by atoms with E-state index in [1.807, 2.05) is 45.0 Å². The molecule has 1 atom stereocenters. The van der Waals surface area contributed by atoms with Crippen LogP contribution in [0.4, 0.5) is 0 Å². The summed E-state index contributed by atoms with van der Waals surface area (Å²) in [7, 11) is -1.40. The Bertz CT molecular complexity index is 1110. The van der Waals surface area contributed by atoms with Crippen molar-refractivity contribution in [3.63, 3.8) is 0 Å². The molecule has 4 nitrogen and oxygen atoms in total. The van der Waals surface area contributed by atoms with Crippen LogP contribution in [0.15, 0.2) is 47.4 Å². The van der Waals surface area contributed by atoms with Crippen LogP contribution in [-0.4, -0.2) is 30.4 Å². The lowest BCUT2D eigenvalue weighted by Gasteiger charge is -2.20. The van der Waals surface area contributed by atoms with Crippen LogP contribution in [0.5, 0.6) is 0 Å². The lowest BCUT2D eigenvalue weighted by Crippen LogP contribution is -2.30. The zero-order chi connectivity index (χ0) is 19.3. The van der Waals surface area contributed by atoms with Crippen molar-refractivity contribution in [3.8, 4) is 0 Å². The number of benzene rings is 2. The Morgan fingerprint density at radius 1 is 1.00 bits per heavy atom. The second kappa shape index (κ2) is 6.50. The number of hydrogen-bond acceptors (Lipinski definition) is 2. The van der Waals surface area contributed by atoms with Gasteiger partial charge in [-0.05, 0) is 55.8 Å². The summed E-state index contributed by atoms with van der Waals surface area (Å²) in [4.78, 5) is 0.478. The van der Waals surface area contributed by atoms with E-state index < -0.39 is 10.0 Å². The van der Waals surface area contributed by atoms with E-state index in [0.29, 0.717) is 18.0 Å². The lowest BCUT2D eigenvalue weighted by molar-refractivity contribution is 0.470. The molecule has 4 rings (SSSR count). The number of aromatic nitrogens is 1. The van der Waals surface area contributed by atoms with Crippen molar-refractivity contribution in [1.82, 2.24) is 8.87 Å². The maximum Gasteiger partial charge on any atom is 0.243 e. The Morgan fingerprint density at radius 3 is 2.33 bits per heavy atom. The summed E-state index contributed by atoms with van der Waals surface area (Å²) in [6.45, 7) is 6.90. The highest BCUT2D eigenvalue weighted by Crippen LogP contribution is 2.35. The summed E-state index contributed by atoms with van der Waals surface area (Å²) in [5, 5.41) is 1.21. The largest absolute Gasteiger partial charge is 0.347 e. The second-order valence-corrected chi connectivity index (χ2v) is 9.64. The maximum atomic E-state index is 13.3. The summed E-state index contributed by atoms with van der Waals surface area (Å²) >= 11 is 0. The molecule has 1 unspecified atom stereocenters. The molecule has 2 aromatic carbocycles. The van der Waals surface area contributed by atoms with Crippen LogP contribution >= 0.6 is 0 Å². The van der Waals surface area contributed by atoms with Gasteiger partial charge >= 0.3 is 0 Å². The topological polar surface area (TPSA) is 42.3 Å². The summed E-state index contributed by atoms with van der Waals surface area (Å²) in [6, 6.07) is 14.4. The zero-order valence-corrected chi connectivity index (χ0v) is 17.2. The van der Waals surface area contributed by atoms with Crippen LogP contribution in [0.2, 0.25) is 0 Å². The van der Waals surface area contributed by atoms with Crippen molar-refractivity contribution in [2.45, 2.75) is 38.0 Å². The quantitative estimate of drug-likeness (QED) is 0.678. The number of fused-ring (bicyclic) bond motifs is 1. The number of sulfonamides is 1. The molecule has 0 spiro atoms. The van der Waals surface area contributed by atoms with Crippen molar-refractivity contribution in [2.75, 3.05) is 13.1 Å². The number of hydrogen-bond donors (Lipinski definition) is 0. The van der Waals surface area contributed by atoms with Gasteiger partial charge in [-0.1, -0.05) is 35.9 Å². The van der Waals surface area contributed by atoms with E-state index in [1.165, 1.54) is 16.6 Å². The molecule has 0 amide bonds. The Kier molecular flexibility index (Phi) is 4.40. The molecule has 1 saturated heterocycles. The minimum absolute atomic E-state index is 0.225. The molecule has 0 aliphatic carbocycles. The van der Waals surface area contributed by atoms with Gasteiger partial charge < -0.3 is 4.57 Å². The van der Waals surface area contributed by atoms with Gasteiger partial charge in [0.05, 0.1) is 4.90 Å². The number of rotatable bonds is 3. The molecular weight excluding hydrogens is 356 g/mol. The van der Waals surface area contributed by atoms with Crippen LogP contribution in [0.25, 0.3) is 10.9 Å². The smallest absolute Gasteiger partial charge is 0.243 e. The van der Waals surface area contributed by atoms with E-state index in [9.17, 15) is 8.42 Å². The fraction of sp³-hybridized carbons (Fsp3) is 0.364. The SMILES string of the molecule is Cc1cc(C)c(S(=O)(=O)N2CCC(c3cc4ccccc4n3C)C2)c(C)c1. The zero-order valence-electron chi connectivity index (χ0n) is 16.4. The van der Waals surface area contributed by atoms with Gasteiger partial charge in [0, 0.05) is 37.3 Å². The van der Waals surface area contributed by atoms with E-state index in [1.54, 1.807) is 4.31 Å². The lowest BCUT2D eigenvalue weighted by atomic mass is 10.1. The van der Waals surface area contributed by atoms with E-state index in [-0.39, 0.29) is 5.92 Å². The van der Waals surface area contributed by atoms with Gasteiger partial charge in [0.1, 0.15) is 0 Å². The summed E-state index contributed by atoms with van der Waals surface area (Å²) < 4.78 is 30.6. The number of nitrogens with zero attached hydrogens (tertiary/aromatic N) is 2. The first-order chi connectivity index (χ1) is 12.8. The van der Waals surface area contributed by atoms with Crippen LogP contribution in [0.3, 0.4) is 0 Å². The summed E-state index contributed by atoms with van der Waals surface area (Å²) in [5.74, 6) is 0.225. The summed E-state index contributed by atoms with van der Waals surface area (Å²) in [6.07, 6.45) is 0.855. The highest BCUT2D eigenvalue weighted by Gasteiger charge is 2.35. The third-order valence-corrected chi connectivity index (χ3v) is 7.93. The highest BCUT2D eigenvalue weighted by molar-refractivity contribution is 7.89. The third kappa shape index (κ3) is 2.99. The first-order valence-corrected chi connectivity index (χ1v) is 10.9. The van der Waals surface area contributed by atoms with Gasteiger partial charge in [-0.2, -0.15) is 4.31 Å². The van der Waals surface area contributed by atoms with Gasteiger partial charge in [0.15, 0.2) is 0 Å². The Balaban J connectivity index is 1.67. The van der Waals surface area contributed by atoms with E-state index >= 15 is 0 Å². The molecule has 27 heavy (non-hydrogen) atoms. The molecular formula is C22H26N2O2S. The first kappa shape index (κ1) is 18.3. The maximum absolute atomic E-state index is 13.3. The van der Waals surface area contributed by atoms with Gasteiger partial charge in [-0.3, -0.25) is 0 Å². The Hall–Kier alpha value is -2.11. The van der Waals surface area contributed by atoms with E-state index in [4.69, 9.17) is 0 Å². The minimum atomic E-state index is -3.48. The highest BCUT2D eigenvalue weighted by atomic mass is 32.2. The van der Waals surface area contributed by atoms with Crippen molar-refractivity contribution < 1.29 is 8.42 Å². The van der Waals surface area contributed by atoms with Crippen LogP contribution in [0.1, 0.15) is 34.7 Å². The first-order valence-electron chi connectivity index (χ1n) is 9.41. The monoisotopic (exact) mass is 382 g/mol. The van der Waals surface area contributed by atoms with Crippen LogP contribution < -0.4 is 0 Å². The molecule has 1 aliphatic rings. The number of aryl methyl sites for hydroxylation is 4. The molecule has 0 radical (unpaired) electrons. The molecule has 1 fully saturated rings. The van der Waals surface area contributed by atoms with Crippen molar-refractivity contribution in [2.24, 2.45) is 7.05 Å². The van der Waals surface area contributed by atoms with E-state index in [0.717, 1.165) is 23.1 Å². The standard InChI is InChI=1S/C22H26N2O2S/c1-15-11-16(2)22(17(3)12-15)27(25,26)24-10-9-19(14-24)21-13-18-7-5-6-8-20(18)23(21)4/h5-8,11-13,19H,9-10,14H2,1-4H3. The molecule has 5 heteroatoms. The molecule has 3 aromatic rings. The molecule has 0 N–H and O–H groups in total. The van der Waals surface area contributed by atoms with Gasteiger partial charge in [0.2, 0.25) is 10.0 Å². The summed E-state index contributed by atoms with van der Waals surface area (Å²) in [5.41, 5.74) is 5.17. The Labute approximate surface area is 161 Å². The van der Waals surface area contributed by atoms with Crippen LogP contribution in [-0.2, 0) is 17.1 Å². The molecule has 2 heterocycles. The molecule has 0 saturated carbocycles.